The molecule has 1 unspecified atom stereocenters. The highest BCUT2D eigenvalue weighted by Gasteiger charge is 2.01. The van der Waals surface area contributed by atoms with Gasteiger partial charge in [-0.25, -0.2) is 0 Å². The third-order valence-electron chi connectivity index (χ3n) is 1.07. The molecule has 54 valence electrons. The second kappa shape index (κ2) is 4.79. The van der Waals surface area contributed by atoms with Gasteiger partial charge in [0, 0.05) is 0 Å². The Kier molecular flexibility index (Phi) is 4.77. The summed E-state index contributed by atoms with van der Waals surface area (Å²) < 4.78 is 0. The molecule has 0 heterocycles. The summed E-state index contributed by atoms with van der Waals surface area (Å²) in [4.78, 5) is 9.59. The van der Waals surface area contributed by atoms with Crippen LogP contribution in [0.25, 0.3) is 0 Å². The lowest BCUT2D eigenvalue weighted by atomic mass is 10.2. The monoisotopic (exact) mass is 193 g/mol. The van der Waals surface area contributed by atoms with Gasteiger partial charge >= 0.3 is 0 Å². The van der Waals surface area contributed by atoms with Crippen LogP contribution in [0.1, 0.15) is 26.2 Å². The third kappa shape index (κ3) is 4.45. The summed E-state index contributed by atoms with van der Waals surface area (Å²) >= 11 is 2.98. The molecule has 0 aromatic carbocycles. The zero-order chi connectivity index (χ0) is 7.28. The lowest BCUT2D eigenvalue weighted by Crippen LogP contribution is -2.31. The van der Waals surface area contributed by atoms with E-state index >= 15 is 0 Å². The van der Waals surface area contributed by atoms with Gasteiger partial charge in [-0.15, -0.1) is 0 Å². The van der Waals surface area contributed by atoms with Crippen molar-refractivity contribution >= 4 is 21.9 Å². The van der Waals surface area contributed by atoms with Crippen LogP contribution in [0.2, 0.25) is 0 Å². The number of halogens is 1. The Labute approximate surface area is 63.4 Å². The lowest BCUT2D eigenvalue weighted by molar-refractivity contribution is -0.304. The second-order valence-corrected chi connectivity index (χ2v) is 3.03. The molecule has 9 heavy (non-hydrogen) atoms. The molecule has 0 aromatic heterocycles. The molecule has 0 radical (unpaired) electrons. The zero-order valence-electron chi connectivity index (χ0n) is 5.39. The molecule has 0 fully saturated rings. The molecule has 0 saturated heterocycles. The predicted molar refractivity (Wildman–Crippen MR) is 37.2 cm³/mol. The smallest absolute Gasteiger partial charge is 0.0551 e. The number of hydrogen-bond acceptors (Lipinski definition) is 2. The minimum atomic E-state index is -1.01. The van der Waals surface area contributed by atoms with Crippen LogP contribution in [0.3, 0.4) is 0 Å². The molecule has 0 saturated carbocycles. The van der Waals surface area contributed by atoms with E-state index in [1.807, 2.05) is 6.92 Å². The van der Waals surface area contributed by atoms with Crippen LogP contribution < -0.4 is 5.11 Å². The van der Waals surface area contributed by atoms with Crippen molar-refractivity contribution < 1.29 is 9.90 Å². The molecular weight excluding hydrogens is 184 g/mol. The number of hydrogen-bond donors (Lipinski definition) is 0. The van der Waals surface area contributed by atoms with E-state index in [4.69, 9.17) is 0 Å². The maximum absolute atomic E-state index is 10.0. The van der Waals surface area contributed by atoms with E-state index in [-0.39, 0.29) is 0 Å². The number of carbonyl (C=O) groups excluding carboxylic acids is 1. The van der Waals surface area contributed by atoms with Gasteiger partial charge in [0.15, 0.2) is 0 Å². The SMILES string of the molecule is CCCCC(Br)C(=O)[O-]. The maximum Gasteiger partial charge on any atom is 0.0551 e. The number of carboxylic acids is 1. The van der Waals surface area contributed by atoms with Gasteiger partial charge in [0.2, 0.25) is 0 Å². The fourth-order valence-electron chi connectivity index (χ4n) is 0.501. The van der Waals surface area contributed by atoms with Gasteiger partial charge in [-0.1, -0.05) is 35.7 Å². The number of unbranched alkanes of at least 4 members (excludes halogenated alkanes) is 1. The zero-order valence-corrected chi connectivity index (χ0v) is 6.98. The number of alkyl halides is 1. The standard InChI is InChI=1S/C6H11BrO2/c1-2-3-4-5(7)6(8)9/h5H,2-4H2,1H3,(H,8,9)/p-1. The van der Waals surface area contributed by atoms with Gasteiger partial charge in [-0.3, -0.25) is 0 Å². The quantitative estimate of drug-likeness (QED) is 0.617. The first-order chi connectivity index (χ1) is 4.18. The van der Waals surface area contributed by atoms with Crippen LogP contribution in [-0.2, 0) is 4.79 Å². The fourth-order valence-corrected chi connectivity index (χ4v) is 0.825. The molecule has 1 atom stereocenters. The minimum absolute atomic E-state index is 0.461. The average molecular weight is 194 g/mol. The molecule has 2 nitrogen and oxygen atoms in total. The van der Waals surface area contributed by atoms with E-state index in [1.54, 1.807) is 0 Å². The molecule has 0 aromatic rings. The van der Waals surface area contributed by atoms with Crippen molar-refractivity contribution in [3.8, 4) is 0 Å². The van der Waals surface area contributed by atoms with Crippen LogP contribution in [0.5, 0.6) is 0 Å². The van der Waals surface area contributed by atoms with Crippen LogP contribution >= 0.6 is 15.9 Å². The van der Waals surface area contributed by atoms with Gasteiger partial charge in [0.25, 0.3) is 0 Å². The Bertz CT molecular complexity index is 93.1. The van der Waals surface area contributed by atoms with Crippen molar-refractivity contribution in [2.45, 2.75) is 31.0 Å². The van der Waals surface area contributed by atoms with Crippen LogP contribution in [0.4, 0.5) is 0 Å². The van der Waals surface area contributed by atoms with E-state index in [9.17, 15) is 9.90 Å². The van der Waals surface area contributed by atoms with Crippen molar-refractivity contribution in [1.29, 1.82) is 0 Å². The highest BCUT2D eigenvalue weighted by Crippen LogP contribution is 2.07. The van der Waals surface area contributed by atoms with E-state index in [2.05, 4.69) is 15.9 Å². The summed E-state index contributed by atoms with van der Waals surface area (Å²) in [6.07, 6.45) is 2.62. The lowest BCUT2D eigenvalue weighted by Gasteiger charge is -2.08. The first-order valence-corrected chi connectivity index (χ1v) is 3.95. The molecule has 0 aliphatic carbocycles. The van der Waals surface area contributed by atoms with Crippen molar-refractivity contribution in [3.05, 3.63) is 0 Å². The van der Waals surface area contributed by atoms with E-state index in [1.165, 1.54) is 0 Å². The van der Waals surface area contributed by atoms with Crippen molar-refractivity contribution in [3.63, 3.8) is 0 Å². The molecule has 3 heteroatoms. The Morgan fingerprint density at radius 2 is 2.33 bits per heavy atom. The Balaban J connectivity index is 3.27. The molecule has 0 aliphatic heterocycles. The normalized spacial score (nSPS) is 13.1. The van der Waals surface area contributed by atoms with Gasteiger partial charge in [0.1, 0.15) is 0 Å². The Hall–Kier alpha value is -0.0500. The maximum atomic E-state index is 10.0. The molecule has 0 aliphatic rings. The molecule has 0 rings (SSSR count). The molecular formula is C6H10BrO2-. The summed E-state index contributed by atoms with van der Waals surface area (Å²) in [6, 6.07) is 0. The Morgan fingerprint density at radius 1 is 1.78 bits per heavy atom. The van der Waals surface area contributed by atoms with E-state index < -0.39 is 10.8 Å². The fraction of sp³-hybridized carbons (Fsp3) is 0.833. The van der Waals surface area contributed by atoms with Gasteiger partial charge in [-0.05, 0) is 6.42 Å². The van der Waals surface area contributed by atoms with Gasteiger partial charge < -0.3 is 9.90 Å². The first-order valence-electron chi connectivity index (χ1n) is 3.03. The summed E-state index contributed by atoms with van der Waals surface area (Å²) in [5.74, 6) is -1.01. The molecule has 0 spiro atoms. The molecule has 0 bridgehead atoms. The molecule has 0 amide bonds. The molecule has 0 N–H and O–H groups in total. The largest absolute Gasteiger partial charge is 0.549 e. The summed E-state index contributed by atoms with van der Waals surface area (Å²) in [5.41, 5.74) is 0. The van der Waals surface area contributed by atoms with Crippen LogP contribution in [-0.4, -0.2) is 10.8 Å². The number of carboxylic acid groups (broad SMARTS) is 1. The number of aliphatic carboxylic acids is 1. The third-order valence-corrected chi connectivity index (χ3v) is 1.90. The van der Waals surface area contributed by atoms with E-state index in [0.29, 0.717) is 6.42 Å². The van der Waals surface area contributed by atoms with Crippen molar-refractivity contribution in [1.82, 2.24) is 0 Å². The second-order valence-electron chi connectivity index (χ2n) is 1.93. The van der Waals surface area contributed by atoms with E-state index in [0.717, 1.165) is 12.8 Å². The van der Waals surface area contributed by atoms with Gasteiger partial charge in [-0.2, -0.15) is 0 Å². The van der Waals surface area contributed by atoms with Crippen LogP contribution in [0, 0.1) is 0 Å². The predicted octanol–water partition coefficient (Wildman–Crippen LogP) is 0.690. The van der Waals surface area contributed by atoms with Gasteiger partial charge in [0.05, 0.1) is 10.8 Å². The Morgan fingerprint density at radius 3 is 2.67 bits per heavy atom. The summed E-state index contributed by atoms with van der Waals surface area (Å²) in [5, 5.41) is 10.0. The van der Waals surface area contributed by atoms with Crippen molar-refractivity contribution in [2.24, 2.45) is 0 Å². The number of rotatable bonds is 4. The highest BCUT2D eigenvalue weighted by atomic mass is 79.9. The number of carbonyl (C=O) groups is 1. The first kappa shape index (κ1) is 8.95. The summed E-state index contributed by atoms with van der Waals surface area (Å²) in [7, 11) is 0. The minimum Gasteiger partial charge on any atom is -0.549 e. The highest BCUT2D eigenvalue weighted by molar-refractivity contribution is 9.10. The van der Waals surface area contributed by atoms with Crippen molar-refractivity contribution in [2.75, 3.05) is 0 Å². The summed E-state index contributed by atoms with van der Waals surface area (Å²) in [6.45, 7) is 2.02. The average Bonchev–Trinajstić information content (AvgIpc) is 1.82. The topological polar surface area (TPSA) is 40.1 Å². The van der Waals surface area contributed by atoms with Crippen LogP contribution in [0.15, 0.2) is 0 Å².